The van der Waals surface area contributed by atoms with E-state index in [2.05, 4.69) is 0 Å². The average molecular weight is 371 g/mol. The van der Waals surface area contributed by atoms with Gasteiger partial charge in [0.2, 0.25) is 5.69 Å². The van der Waals surface area contributed by atoms with Crippen molar-refractivity contribution in [2.24, 2.45) is 10.7 Å². The second-order valence-corrected chi connectivity index (χ2v) is 3.02. The monoisotopic (exact) mass is 370 g/mol. The number of hydrogen-bond acceptors (Lipinski definition) is 7. The number of pyridine rings is 1. The first-order valence-electron chi connectivity index (χ1n) is 4.91. The van der Waals surface area contributed by atoms with Gasteiger partial charge >= 0.3 is 22.4 Å². The molecule has 2 rings (SSSR count). The quantitative estimate of drug-likeness (QED) is 0.269. The Hall–Kier alpha value is -2.29. The molecule has 2 N–H and O–H groups in total. The van der Waals surface area contributed by atoms with E-state index in [0.717, 1.165) is 22.1 Å². The number of hydrogen-bond donors (Lipinski definition) is 1. The fourth-order valence-electron chi connectivity index (χ4n) is 1.22. The molecule has 1 aromatic carbocycles. The van der Waals surface area contributed by atoms with Gasteiger partial charge < -0.3 is 26.0 Å². The van der Waals surface area contributed by atoms with E-state index in [4.69, 9.17) is 26.0 Å². The molecule has 8 nitrogen and oxygen atoms in total. The number of aromatic nitrogens is 1. The maximum absolute atomic E-state index is 8.00. The van der Waals surface area contributed by atoms with Crippen molar-refractivity contribution >= 4 is 5.69 Å². The van der Waals surface area contributed by atoms with Crippen molar-refractivity contribution in [2.45, 2.75) is 0 Å². The molecule has 0 aliphatic carbocycles. The molecule has 0 unspecified atom stereocenters. The van der Waals surface area contributed by atoms with E-state index in [9.17, 15) is 0 Å². The Balaban J connectivity index is 0. The Labute approximate surface area is 130 Å². The molecule has 0 atom stereocenters. The molecule has 1 aromatic heterocycles. The van der Waals surface area contributed by atoms with Gasteiger partial charge in [0, 0.05) is 30.0 Å². The summed E-state index contributed by atoms with van der Waals surface area (Å²) < 4.78 is 2.04. The maximum atomic E-state index is 8.00. The molecule has 0 amide bonds. The topological polar surface area (TPSA) is 135 Å². The molecular weight excluding hydrogens is 360 g/mol. The Kier molecular flexibility index (Phi) is 13.2. The van der Waals surface area contributed by atoms with Crippen LogP contribution < -0.4 is 10.3 Å². The first-order chi connectivity index (χ1) is 9.19. The van der Waals surface area contributed by atoms with Gasteiger partial charge in [0.15, 0.2) is 12.4 Å². The van der Waals surface area contributed by atoms with Crippen LogP contribution in [0.4, 0.5) is 5.69 Å². The molecule has 110 valence electrons. The molecule has 9 heteroatoms. The summed E-state index contributed by atoms with van der Waals surface area (Å²) in [6.07, 6.45) is 4.01. The van der Waals surface area contributed by atoms with E-state index in [1.165, 1.54) is 0 Å². The normalized spacial score (nSPS) is 7.60. The summed E-state index contributed by atoms with van der Waals surface area (Å²) in [5, 5.41) is 18.0. The van der Waals surface area contributed by atoms with Gasteiger partial charge in [-0.05, 0) is 12.1 Å². The standard InChI is InChI=1S/C11H11N2.Ag.2HNO2/c12-10-4-6-11(7-5-10)13-8-2-1-3-9-13;;2*2-1-3/h1-9H,12H2;;2*(H,2,3)/q2*+1;;/p-2. The summed E-state index contributed by atoms with van der Waals surface area (Å²) in [7, 11) is 0. The Morgan fingerprint density at radius 3 is 1.70 bits per heavy atom. The molecule has 1 heterocycles. The van der Waals surface area contributed by atoms with Gasteiger partial charge in [-0.2, -0.15) is 4.57 Å². The first kappa shape index (κ1) is 20.0. The van der Waals surface area contributed by atoms with Crippen molar-refractivity contribution < 1.29 is 26.9 Å². The first-order valence-corrected chi connectivity index (χ1v) is 4.91. The zero-order valence-corrected chi connectivity index (χ0v) is 11.5. The molecule has 0 spiro atoms. The Morgan fingerprint density at radius 1 is 0.900 bits per heavy atom. The van der Waals surface area contributed by atoms with Gasteiger partial charge in [0.1, 0.15) is 0 Å². The maximum Gasteiger partial charge on any atom is 1.00 e. The number of nitrogens with zero attached hydrogens (tertiary/aromatic N) is 3. The van der Waals surface area contributed by atoms with Crippen molar-refractivity contribution in [3.8, 4) is 5.69 Å². The van der Waals surface area contributed by atoms with Gasteiger partial charge in [-0.15, -0.1) is 10.7 Å². The van der Waals surface area contributed by atoms with E-state index in [1.54, 1.807) is 0 Å². The number of nitrogen functional groups attached to an aromatic ring is 1. The number of benzene rings is 1. The van der Waals surface area contributed by atoms with Crippen LogP contribution >= 0.6 is 0 Å². The van der Waals surface area contributed by atoms with Gasteiger partial charge in [0.05, 0.1) is 0 Å². The van der Waals surface area contributed by atoms with Crippen LogP contribution in [0.25, 0.3) is 5.69 Å². The van der Waals surface area contributed by atoms with E-state index in [0.29, 0.717) is 0 Å². The van der Waals surface area contributed by atoms with Crippen molar-refractivity contribution in [1.29, 1.82) is 0 Å². The molecule has 20 heavy (non-hydrogen) atoms. The minimum Gasteiger partial charge on any atom is -0.444 e. The third kappa shape index (κ3) is 8.75. The summed E-state index contributed by atoms with van der Waals surface area (Å²) in [4.78, 5) is 16.0. The minimum atomic E-state index is 0. The van der Waals surface area contributed by atoms with E-state index in [1.807, 2.05) is 59.4 Å². The van der Waals surface area contributed by atoms with E-state index < -0.39 is 0 Å². The van der Waals surface area contributed by atoms with Gasteiger partial charge in [-0.3, -0.25) is 0 Å². The molecule has 0 aliphatic heterocycles. The Morgan fingerprint density at radius 2 is 1.30 bits per heavy atom. The molecule has 0 saturated carbocycles. The molecule has 0 bridgehead atoms. The zero-order chi connectivity index (χ0) is 14.5. The molecular formula is C11H11AgN4O4. The summed E-state index contributed by atoms with van der Waals surface area (Å²) >= 11 is 0. The summed E-state index contributed by atoms with van der Waals surface area (Å²) in [6.45, 7) is 0. The minimum absolute atomic E-state index is 0. The third-order valence-electron chi connectivity index (χ3n) is 1.91. The van der Waals surface area contributed by atoms with E-state index in [-0.39, 0.29) is 22.4 Å². The second kappa shape index (κ2) is 13.1. The third-order valence-corrected chi connectivity index (χ3v) is 1.91. The summed E-state index contributed by atoms with van der Waals surface area (Å²) in [5.41, 5.74) is 7.51. The largest absolute Gasteiger partial charge is 1.00 e. The van der Waals surface area contributed by atoms with Crippen LogP contribution in [0.5, 0.6) is 0 Å². The summed E-state index contributed by atoms with van der Waals surface area (Å²) in [5.74, 6) is 0. The van der Waals surface area contributed by atoms with Crippen molar-refractivity contribution in [3.05, 3.63) is 75.1 Å². The molecule has 2 aromatic rings. The van der Waals surface area contributed by atoms with Gasteiger partial charge in [-0.25, -0.2) is 0 Å². The number of rotatable bonds is 1. The summed E-state index contributed by atoms with van der Waals surface area (Å²) in [6, 6.07) is 13.8. The van der Waals surface area contributed by atoms with Gasteiger partial charge in [0.25, 0.3) is 0 Å². The van der Waals surface area contributed by atoms with Gasteiger partial charge in [-0.1, -0.05) is 6.07 Å². The van der Waals surface area contributed by atoms with E-state index >= 15 is 0 Å². The molecule has 0 fully saturated rings. The van der Waals surface area contributed by atoms with Crippen LogP contribution in [0, 0.1) is 20.2 Å². The Bertz CT molecular complexity index is 476. The van der Waals surface area contributed by atoms with Crippen molar-refractivity contribution in [1.82, 2.24) is 0 Å². The van der Waals surface area contributed by atoms with Crippen LogP contribution in [-0.2, 0) is 22.4 Å². The fraction of sp³-hybridized carbons (Fsp3) is 0. The predicted octanol–water partition coefficient (Wildman–Crippen LogP) is 2.04. The number of anilines is 1. The second-order valence-electron chi connectivity index (χ2n) is 3.02. The van der Waals surface area contributed by atoms with Crippen LogP contribution in [0.3, 0.4) is 0 Å². The number of nitrogens with two attached hydrogens (primary N) is 1. The van der Waals surface area contributed by atoms with Crippen molar-refractivity contribution in [2.75, 3.05) is 5.73 Å². The average Bonchev–Trinajstić information content (AvgIpc) is 2.42. The molecule has 0 saturated heterocycles. The van der Waals surface area contributed by atoms with Crippen LogP contribution in [0.1, 0.15) is 0 Å². The molecule has 0 aliphatic rings. The smallest absolute Gasteiger partial charge is 0.444 e. The predicted molar refractivity (Wildman–Crippen MR) is 70.7 cm³/mol. The zero-order valence-electron chi connectivity index (χ0n) is 10.0. The van der Waals surface area contributed by atoms with Crippen LogP contribution in [0.15, 0.2) is 65.5 Å². The SMILES string of the molecule is Nc1ccc(-[n+]2ccccc2)cc1.O=N[O-].O=N[O-].[Ag+]. The van der Waals surface area contributed by atoms with Crippen LogP contribution in [-0.4, -0.2) is 0 Å². The van der Waals surface area contributed by atoms with Crippen LogP contribution in [0.2, 0.25) is 0 Å². The molecule has 0 radical (unpaired) electrons. The van der Waals surface area contributed by atoms with Crippen molar-refractivity contribution in [3.63, 3.8) is 0 Å². The fourth-order valence-corrected chi connectivity index (χ4v) is 1.22.